The molecular formula is C11H12Cl2N2O. The maximum absolute atomic E-state index is 11.6. The zero-order valence-electron chi connectivity index (χ0n) is 8.59. The van der Waals surface area contributed by atoms with Gasteiger partial charge in [0.25, 0.3) is 0 Å². The lowest BCUT2D eigenvalue weighted by Crippen LogP contribution is -2.43. The Kier molecular flexibility index (Phi) is 3.69. The number of amides is 1. The second-order valence-corrected chi connectivity index (χ2v) is 4.74. The van der Waals surface area contributed by atoms with Crippen molar-refractivity contribution in [2.75, 3.05) is 18.4 Å². The third-order valence-electron chi connectivity index (χ3n) is 2.55. The molecule has 86 valence electrons. The highest BCUT2D eigenvalue weighted by molar-refractivity contribution is 6.36. The van der Waals surface area contributed by atoms with E-state index in [0.29, 0.717) is 28.1 Å². The van der Waals surface area contributed by atoms with E-state index in [1.165, 1.54) is 0 Å². The molecule has 3 nitrogen and oxygen atoms in total. The molecule has 1 aromatic rings. The standard InChI is InChI=1S/C11H12Cl2N2O/c12-8-1-2-10(9(13)4-8)15-11(16)3-7-5-14-6-7/h1-2,4,7,14H,3,5-6H2,(H,15,16). The van der Waals surface area contributed by atoms with Crippen LogP contribution in [0.5, 0.6) is 0 Å². The van der Waals surface area contributed by atoms with Gasteiger partial charge < -0.3 is 10.6 Å². The summed E-state index contributed by atoms with van der Waals surface area (Å²) in [6.07, 6.45) is 0.534. The molecule has 0 radical (unpaired) electrons. The third-order valence-corrected chi connectivity index (χ3v) is 3.09. The Hall–Kier alpha value is -0.770. The van der Waals surface area contributed by atoms with Crippen LogP contribution in [-0.2, 0) is 4.79 Å². The van der Waals surface area contributed by atoms with E-state index in [-0.39, 0.29) is 5.91 Å². The van der Waals surface area contributed by atoms with Gasteiger partial charge in [-0.1, -0.05) is 23.2 Å². The third kappa shape index (κ3) is 2.88. The van der Waals surface area contributed by atoms with Crippen molar-refractivity contribution in [1.29, 1.82) is 0 Å². The predicted octanol–water partition coefficient (Wildman–Crippen LogP) is 2.54. The average molecular weight is 259 g/mol. The highest BCUT2D eigenvalue weighted by atomic mass is 35.5. The number of carbonyl (C=O) groups excluding carboxylic acids is 1. The van der Waals surface area contributed by atoms with Crippen molar-refractivity contribution in [3.63, 3.8) is 0 Å². The van der Waals surface area contributed by atoms with Gasteiger partial charge in [0.05, 0.1) is 10.7 Å². The maximum atomic E-state index is 11.6. The number of benzene rings is 1. The molecule has 0 bridgehead atoms. The first-order valence-electron chi connectivity index (χ1n) is 5.11. The van der Waals surface area contributed by atoms with Crippen LogP contribution in [0.2, 0.25) is 10.0 Å². The van der Waals surface area contributed by atoms with Gasteiger partial charge in [0.15, 0.2) is 0 Å². The minimum absolute atomic E-state index is 0.00396. The molecule has 16 heavy (non-hydrogen) atoms. The summed E-state index contributed by atoms with van der Waals surface area (Å²) in [5.41, 5.74) is 0.614. The summed E-state index contributed by atoms with van der Waals surface area (Å²) < 4.78 is 0. The Bertz CT molecular complexity index is 405. The first-order valence-corrected chi connectivity index (χ1v) is 5.86. The molecule has 0 aromatic heterocycles. The zero-order chi connectivity index (χ0) is 11.5. The number of nitrogens with one attached hydrogen (secondary N) is 2. The second kappa shape index (κ2) is 5.04. The van der Waals surface area contributed by atoms with Gasteiger partial charge in [0.2, 0.25) is 5.91 Å². The molecule has 0 aliphatic carbocycles. The molecule has 2 N–H and O–H groups in total. The lowest BCUT2D eigenvalue weighted by molar-refractivity contribution is -0.117. The predicted molar refractivity (Wildman–Crippen MR) is 66.1 cm³/mol. The number of hydrogen-bond acceptors (Lipinski definition) is 2. The number of rotatable bonds is 3. The van der Waals surface area contributed by atoms with E-state index in [0.717, 1.165) is 13.1 Å². The van der Waals surface area contributed by atoms with Crippen molar-refractivity contribution >= 4 is 34.8 Å². The highest BCUT2D eigenvalue weighted by Crippen LogP contribution is 2.25. The Balaban J connectivity index is 1.94. The summed E-state index contributed by atoms with van der Waals surface area (Å²) in [6, 6.07) is 5.03. The molecule has 1 heterocycles. The van der Waals surface area contributed by atoms with E-state index in [9.17, 15) is 4.79 Å². The van der Waals surface area contributed by atoms with Crippen molar-refractivity contribution in [3.05, 3.63) is 28.2 Å². The van der Waals surface area contributed by atoms with E-state index in [1.807, 2.05) is 0 Å². The lowest BCUT2D eigenvalue weighted by atomic mass is 9.99. The molecule has 2 rings (SSSR count). The smallest absolute Gasteiger partial charge is 0.224 e. The van der Waals surface area contributed by atoms with Gasteiger partial charge in [-0.3, -0.25) is 4.79 Å². The van der Waals surface area contributed by atoms with Gasteiger partial charge in [-0.2, -0.15) is 0 Å². The summed E-state index contributed by atoms with van der Waals surface area (Å²) in [5.74, 6) is 0.446. The molecule has 0 saturated carbocycles. The summed E-state index contributed by atoms with van der Waals surface area (Å²) in [6.45, 7) is 1.84. The molecule has 1 amide bonds. The minimum atomic E-state index is -0.00396. The fourth-order valence-corrected chi connectivity index (χ4v) is 2.00. The molecule has 0 atom stereocenters. The average Bonchev–Trinajstić information content (AvgIpc) is 2.16. The van der Waals surface area contributed by atoms with Crippen LogP contribution < -0.4 is 10.6 Å². The van der Waals surface area contributed by atoms with Crippen LogP contribution in [0.1, 0.15) is 6.42 Å². The molecule has 0 spiro atoms. The van der Waals surface area contributed by atoms with Crippen LogP contribution in [0, 0.1) is 5.92 Å². The van der Waals surface area contributed by atoms with Gasteiger partial charge in [-0.15, -0.1) is 0 Å². The molecule has 1 fully saturated rings. The van der Waals surface area contributed by atoms with Crippen molar-refractivity contribution in [1.82, 2.24) is 5.32 Å². The fourth-order valence-electron chi connectivity index (χ4n) is 1.55. The van der Waals surface area contributed by atoms with E-state index in [2.05, 4.69) is 10.6 Å². The van der Waals surface area contributed by atoms with E-state index in [4.69, 9.17) is 23.2 Å². The monoisotopic (exact) mass is 258 g/mol. The molecule has 0 unspecified atom stereocenters. The van der Waals surface area contributed by atoms with Crippen molar-refractivity contribution < 1.29 is 4.79 Å². The molecular weight excluding hydrogens is 247 g/mol. The van der Waals surface area contributed by atoms with E-state index < -0.39 is 0 Å². The van der Waals surface area contributed by atoms with Crippen LogP contribution in [0.3, 0.4) is 0 Å². The van der Waals surface area contributed by atoms with E-state index >= 15 is 0 Å². The Morgan fingerprint density at radius 1 is 1.44 bits per heavy atom. The zero-order valence-corrected chi connectivity index (χ0v) is 10.1. The highest BCUT2D eigenvalue weighted by Gasteiger charge is 2.20. The number of hydrogen-bond donors (Lipinski definition) is 2. The molecule has 5 heteroatoms. The fraction of sp³-hybridized carbons (Fsp3) is 0.364. The van der Waals surface area contributed by atoms with Gasteiger partial charge in [0, 0.05) is 11.4 Å². The number of anilines is 1. The topological polar surface area (TPSA) is 41.1 Å². The van der Waals surface area contributed by atoms with Crippen LogP contribution in [0.4, 0.5) is 5.69 Å². The van der Waals surface area contributed by atoms with Gasteiger partial charge in [-0.05, 0) is 37.2 Å². The first kappa shape index (κ1) is 11.7. The summed E-state index contributed by atoms with van der Waals surface area (Å²) in [5, 5.41) is 6.93. The first-order chi connectivity index (χ1) is 7.65. The quantitative estimate of drug-likeness (QED) is 0.875. The molecule has 1 aromatic carbocycles. The number of halogens is 2. The number of carbonyl (C=O) groups is 1. The Labute approximate surface area is 104 Å². The van der Waals surface area contributed by atoms with Crippen LogP contribution in [-0.4, -0.2) is 19.0 Å². The summed E-state index contributed by atoms with van der Waals surface area (Å²) >= 11 is 11.7. The largest absolute Gasteiger partial charge is 0.325 e. The lowest BCUT2D eigenvalue weighted by Gasteiger charge is -2.26. The van der Waals surface area contributed by atoms with Crippen LogP contribution in [0.25, 0.3) is 0 Å². The van der Waals surface area contributed by atoms with Crippen molar-refractivity contribution in [2.45, 2.75) is 6.42 Å². The summed E-state index contributed by atoms with van der Waals surface area (Å²) in [4.78, 5) is 11.6. The SMILES string of the molecule is O=C(CC1CNC1)Nc1ccc(Cl)cc1Cl. The van der Waals surface area contributed by atoms with Gasteiger partial charge in [0.1, 0.15) is 0 Å². The van der Waals surface area contributed by atoms with Gasteiger partial charge >= 0.3 is 0 Å². The Morgan fingerprint density at radius 2 is 2.19 bits per heavy atom. The summed E-state index contributed by atoms with van der Waals surface area (Å²) in [7, 11) is 0. The molecule has 1 aliphatic heterocycles. The van der Waals surface area contributed by atoms with Crippen LogP contribution >= 0.6 is 23.2 Å². The maximum Gasteiger partial charge on any atom is 0.224 e. The van der Waals surface area contributed by atoms with Crippen molar-refractivity contribution in [2.24, 2.45) is 5.92 Å². The van der Waals surface area contributed by atoms with E-state index in [1.54, 1.807) is 18.2 Å². The Morgan fingerprint density at radius 3 is 2.75 bits per heavy atom. The molecule has 1 saturated heterocycles. The van der Waals surface area contributed by atoms with Crippen LogP contribution in [0.15, 0.2) is 18.2 Å². The normalized spacial score (nSPS) is 15.6. The van der Waals surface area contributed by atoms with Gasteiger partial charge in [-0.25, -0.2) is 0 Å². The second-order valence-electron chi connectivity index (χ2n) is 3.90. The molecule has 1 aliphatic rings. The minimum Gasteiger partial charge on any atom is -0.325 e. The van der Waals surface area contributed by atoms with Crippen molar-refractivity contribution in [3.8, 4) is 0 Å².